The molecule has 0 radical (unpaired) electrons. The maximum atomic E-state index is 12.9. The SMILES string of the molecule is CC(=O)N(c1cccc(C(F)(F)F)c1)C(C(=O)CCC(=O)O)C(C)C. The Bertz CT molecular complexity index is 656. The number of amides is 1. The second-order valence-corrected chi connectivity index (χ2v) is 5.99. The monoisotopic (exact) mass is 359 g/mol. The van der Waals surface area contributed by atoms with Gasteiger partial charge in [-0.25, -0.2) is 0 Å². The summed E-state index contributed by atoms with van der Waals surface area (Å²) in [5, 5.41) is 8.72. The second-order valence-electron chi connectivity index (χ2n) is 5.99. The van der Waals surface area contributed by atoms with Crippen LogP contribution in [0.25, 0.3) is 0 Å². The van der Waals surface area contributed by atoms with E-state index in [1.165, 1.54) is 6.07 Å². The predicted octanol–water partition coefficient (Wildman–Crippen LogP) is 3.52. The number of nitrogens with zero attached hydrogens (tertiary/aromatic N) is 1. The molecule has 1 amide bonds. The number of Topliss-reactive ketones (excluding diaryl/α,β-unsaturated/α-hetero) is 1. The molecule has 1 atom stereocenters. The zero-order valence-electron chi connectivity index (χ0n) is 14.1. The van der Waals surface area contributed by atoms with Gasteiger partial charge in [-0.15, -0.1) is 0 Å². The van der Waals surface area contributed by atoms with E-state index < -0.39 is 47.8 Å². The van der Waals surface area contributed by atoms with Gasteiger partial charge in [-0.1, -0.05) is 19.9 Å². The van der Waals surface area contributed by atoms with Crippen molar-refractivity contribution in [1.82, 2.24) is 0 Å². The number of aliphatic carboxylic acids is 1. The highest BCUT2D eigenvalue weighted by molar-refractivity contribution is 6.01. The van der Waals surface area contributed by atoms with Gasteiger partial charge in [-0.3, -0.25) is 14.4 Å². The molecule has 0 saturated carbocycles. The van der Waals surface area contributed by atoms with E-state index in [-0.39, 0.29) is 12.1 Å². The minimum Gasteiger partial charge on any atom is -0.481 e. The first-order valence-electron chi connectivity index (χ1n) is 7.66. The van der Waals surface area contributed by atoms with Gasteiger partial charge in [0.1, 0.15) is 0 Å². The fraction of sp³-hybridized carbons (Fsp3) is 0.471. The van der Waals surface area contributed by atoms with E-state index in [1.807, 2.05) is 0 Å². The maximum Gasteiger partial charge on any atom is 0.416 e. The third-order valence-electron chi connectivity index (χ3n) is 3.62. The van der Waals surface area contributed by atoms with Crippen molar-refractivity contribution >= 4 is 23.3 Å². The average Bonchev–Trinajstić information content (AvgIpc) is 2.48. The number of alkyl halides is 3. The normalized spacial score (nSPS) is 12.8. The van der Waals surface area contributed by atoms with E-state index >= 15 is 0 Å². The molecule has 0 fully saturated rings. The Kier molecular flexibility index (Phi) is 6.72. The van der Waals surface area contributed by atoms with E-state index in [1.54, 1.807) is 13.8 Å². The molecule has 1 aromatic carbocycles. The molecule has 138 valence electrons. The lowest BCUT2D eigenvalue weighted by Crippen LogP contribution is -2.47. The van der Waals surface area contributed by atoms with E-state index in [0.717, 1.165) is 30.0 Å². The van der Waals surface area contributed by atoms with Gasteiger partial charge in [0, 0.05) is 19.0 Å². The summed E-state index contributed by atoms with van der Waals surface area (Å²) in [4.78, 5) is 36.2. The third kappa shape index (κ3) is 5.58. The number of anilines is 1. The van der Waals surface area contributed by atoms with E-state index in [0.29, 0.717) is 0 Å². The molecule has 0 spiro atoms. The van der Waals surface area contributed by atoms with Gasteiger partial charge in [0.25, 0.3) is 0 Å². The van der Waals surface area contributed by atoms with Crippen LogP contribution in [0.4, 0.5) is 18.9 Å². The van der Waals surface area contributed by atoms with E-state index in [2.05, 4.69) is 0 Å². The first-order valence-corrected chi connectivity index (χ1v) is 7.66. The van der Waals surface area contributed by atoms with Crippen molar-refractivity contribution in [3.05, 3.63) is 29.8 Å². The summed E-state index contributed by atoms with van der Waals surface area (Å²) in [6.07, 6.45) is -5.30. The topological polar surface area (TPSA) is 74.7 Å². The fourth-order valence-electron chi connectivity index (χ4n) is 2.56. The lowest BCUT2D eigenvalue weighted by molar-refractivity contribution is -0.139. The lowest BCUT2D eigenvalue weighted by atomic mass is 9.94. The summed E-state index contributed by atoms with van der Waals surface area (Å²) in [6.45, 7) is 4.44. The largest absolute Gasteiger partial charge is 0.481 e. The Hall–Kier alpha value is -2.38. The first kappa shape index (κ1) is 20.7. The summed E-state index contributed by atoms with van der Waals surface area (Å²) >= 11 is 0. The summed E-state index contributed by atoms with van der Waals surface area (Å²) in [5.74, 6) is -2.67. The summed E-state index contributed by atoms with van der Waals surface area (Å²) in [7, 11) is 0. The molecule has 1 unspecified atom stereocenters. The average molecular weight is 359 g/mol. The fourth-order valence-corrected chi connectivity index (χ4v) is 2.56. The van der Waals surface area contributed by atoms with Gasteiger partial charge in [-0.05, 0) is 24.1 Å². The lowest BCUT2D eigenvalue weighted by Gasteiger charge is -2.33. The second kappa shape index (κ2) is 8.13. The molecular formula is C17H20F3NO4. The highest BCUT2D eigenvalue weighted by atomic mass is 19.4. The molecule has 0 aliphatic carbocycles. The number of carboxylic acids is 1. The number of benzene rings is 1. The van der Waals surface area contributed by atoms with Crippen LogP contribution in [0.5, 0.6) is 0 Å². The van der Waals surface area contributed by atoms with Crippen molar-refractivity contribution in [1.29, 1.82) is 0 Å². The Balaban J connectivity index is 3.29. The molecule has 0 aliphatic rings. The van der Waals surface area contributed by atoms with Gasteiger partial charge >= 0.3 is 12.1 Å². The Morgan fingerprint density at radius 1 is 1.16 bits per heavy atom. The van der Waals surface area contributed by atoms with E-state index in [9.17, 15) is 27.6 Å². The molecule has 0 aromatic heterocycles. The minimum atomic E-state index is -4.58. The van der Waals surface area contributed by atoms with Gasteiger partial charge < -0.3 is 10.0 Å². The molecule has 0 bridgehead atoms. The highest BCUT2D eigenvalue weighted by Gasteiger charge is 2.35. The van der Waals surface area contributed by atoms with Gasteiger partial charge in [-0.2, -0.15) is 13.2 Å². The molecule has 8 heteroatoms. The summed E-state index contributed by atoms with van der Waals surface area (Å²) in [6, 6.07) is 3.11. The summed E-state index contributed by atoms with van der Waals surface area (Å²) < 4.78 is 38.8. The van der Waals surface area contributed by atoms with Crippen LogP contribution >= 0.6 is 0 Å². The molecule has 5 nitrogen and oxygen atoms in total. The number of carbonyl (C=O) groups is 3. The van der Waals surface area contributed by atoms with Crippen molar-refractivity contribution < 1.29 is 32.7 Å². The van der Waals surface area contributed by atoms with Crippen LogP contribution in [0.15, 0.2) is 24.3 Å². The molecule has 0 heterocycles. The van der Waals surface area contributed by atoms with Crippen LogP contribution in [0, 0.1) is 5.92 Å². The number of hydrogen-bond acceptors (Lipinski definition) is 3. The maximum absolute atomic E-state index is 12.9. The van der Waals surface area contributed by atoms with Gasteiger partial charge in [0.15, 0.2) is 5.78 Å². The smallest absolute Gasteiger partial charge is 0.416 e. The first-order chi connectivity index (χ1) is 11.4. The highest BCUT2D eigenvalue weighted by Crippen LogP contribution is 2.33. The van der Waals surface area contributed by atoms with Crippen LogP contribution in [-0.2, 0) is 20.6 Å². The zero-order valence-corrected chi connectivity index (χ0v) is 14.1. The van der Waals surface area contributed by atoms with Crippen molar-refractivity contribution in [3.8, 4) is 0 Å². The van der Waals surface area contributed by atoms with E-state index in [4.69, 9.17) is 5.11 Å². The molecule has 0 aliphatic heterocycles. The number of halogens is 3. The van der Waals surface area contributed by atoms with Crippen LogP contribution in [0.3, 0.4) is 0 Å². The van der Waals surface area contributed by atoms with Crippen LogP contribution in [-0.4, -0.2) is 28.8 Å². The molecule has 1 aromatic rings. The number of rotatable bonds is 7. The summed E-state index contributed by atoms with van der Waals surface area (Å²) in [5.41, 5.74) is -0.985. The number of carbonyl (C=O) groups excluding carboxylic acids is 2. The van der Waals surface area contributed by atoms with Crippen LogP contribution in [0.1, 0.15) is 39.2 Å². The van der Waals surface area contributed by atoms with Crippen molar-refractivity contribution in [2.75, 3.05) is 4.90 Å². The van der Waals surface area contributed by atoms with Crippen molar-refractivity contribution in [3.63, 3.8) is 0 Å². The molecule has 25 heavy (non-hydrogen) atoms. The van der Waals surface area contributed by atoms with Crippen LogP contribution in [0.2, 0.25) is 0 Å². The predicted molar refractivity (Wildman–Crippen MR) is 85.1 cm³/mol. The Morgan fingerprint density at radius 2 is 1.76 bits per heavy atom. The van der Waals surface area contributed by atoms with Crippen molar-refractivity contribution in [2.45, 2.75) is 45.8 Å². The van der Waals surface area contributed by atoms with Gasteiger partial charge in [0.05, 0.1) is 18.0 Å². The van der Waals surface area contributed by atoms with Crippen molar-refractivity contribution in [2.24, 2.45) is 5.92 Å². The minimum absolute atomic E-state index is 0.0512. The quantitative estimate of drug-likeness (QED) is 0.808. The molecule has 0 saturated heterocycles. The Morgan fingerprint density at radius 3 is 2.20 bits per heavy atom. The Labute approximate surface area is 143 Å². The number of hydrogen-bond donors (Lipinski definition) is 1. The molecular weight excluding hydrogens is 339 g/mol. The van der Waals surface area contributed by atoms with Gasteiger partial charge in [0.2, 0.25) is 5.91 Å². The molecule has 1 N–H and O–H groups in total. The van der Waals surface area contributed by atoms with Crippen LogP contribution < -0.4 is 4.90 Å². The third-order valence-corrected chi connectivity index (χ3v) is 3.62. The number of carboxylic acid groups (broad SMARTS) is 1. The zero-order chi connectivity index (χ0) is 19.4. The molecule has 1 rings (SSSR count). The standard InChI is InChI=1S/C17H20F3NO4/c1-10(2)16(14(23)7-8-15(24)25)21(11(3)22)13-6-4-5-12(9-13)17(18,19)20/h4-6,9-10,16H,7-8H2,1-3H3,(H,24,25). The number of ketones is 1.